The fraction of sp³-hybridized carbons (Fsp3) is 0.286. The third-order valence-electron chi connectivity index (χ3n) is 3.90. The van der Waals surface area contributed by atoms with Gasteiger partial charge in [-0.25, -0.2) is 18.4 Å². The zero-order valence-corrected chi connectivity index (χ0v) is 16.8. The maximum atomic E-state index is 13.2. The molecule has 3 amide bonds. The van der Waals surface area contributed by atoms with Gasteiger partial charge in [0.1, 0.15) is 0 Å². The van der Waals surface area contributed by atoms with Crippen molar-refractivity contribution in [2.45, 2.75) is 39.5 Å². The van der Waals surface area contributed by atoms with E-state index in [4.69, 9.17) is 4.74 Å². The molecule has 30 heavy (non-hydrogen) atoms. The van der Waals surface area contributed by atoms with Crippen LogP contribution >= 0.6 is 0 Å². The lowest BCUT2D eigenvalue weighted by Gasteiger charge is -2.14. The maximum Gasteiger partial charge on any atom is 0.338 e. The zero-order chi connectivity index (χ0) is 22.3. The molecule has 0 bridgehead atoms. The lowest BCUT2D eigenvalue weighted by molar-refractivity contribution is -0.123. The monoisotopic (exact) mass is 419 g/mol. The van der Waals surface area contributed by atoms with Crippen molar-refractivity contribution in [3.8, 4) is 0 Å². The Bertz CT molecular complexity index is 917. The zero-order valence-electron chi connectivity index (χ0n) is 16.8. The fourth-order valence-corrected chi connectivity index (χ4v) is 2.35. The second kappa shape index (κ2) is 10.3. The van der Waals surface area contributed by atoms with E-state index in [0.29, 0.717) is 0 Å². The van der Waals surface area contributed by atoms with Crippen molar-refractivity contribution < 1.29 is 27.9 Å². The number of rotatable bonds is 7. The number of ether oxygens (including phenoxy) is 1. The number of anilines is 1. The molecule has 2 aromatic rings. The van der Waals surface area contributed by atoms with Crippen molar-refractivity contribution in [1.82, 2.24) is 10.6 Å². The Morgan fingerprint density at radius 1 is 0.967 bits per heavy atom. The number of benzene rings is 2. The molecule has 0 radical (unpaired) electrons. The van der Waals surface area contributed by atoms with Gasteiger partial charge in [0.15, 0.2) is 17.7 Å². The number of urea groups is 1. The first kappa shape index (κ1) is 22.8. The minimum absolute atomic E-state index is 0.0171. The van der Waals surface area contributed by atoms with Crippen LogP contribution in [0.3, 0.4) is 0 Å². The predicted octanol–water partition coefficient (Wildman–Crippen LogP) is 3.36. The van der Waals surface area contributed by atoms with E-state index in [1.54, 1.807) is 12.1 Å². The minimum atomic E-state index is -1.16. The number of esters is 1. The molecule has 0 saturated carbocycles. The van der Waals surface area contributed by atoms with Crippen LogP contribution in [-0.4, -0.2) is 30.1 Å². The highest BCUT2D eigenvalue weighted by Gasteiger charge is 2.19. The number of carbonyl (C=O) groups is 3. The first-order valence-electron chi connectivity index (χ1n) is 9.26. The minimum Gasteiger partial charge on any atom is -0.449 e. The van der Waals surface area contributed by atoms with Crippen molar-refractivity contribution in [3.05, 3.63) is 65.2 Å². The topological polar surface area (TPSA) is 96.5 Å². The van der Waals surface area contributed by atoms with Crippen molar-refractivity contribution in [3.63, 3.8) is 0 Å². The van der Waals surface area contributed by atoms with Gasteiger partial charge in [-0.2, -0.15) is 0 Å². The van der Waals surface area contributed by atoms with Crippen LogP contribution in [0.4, 0.5) is 19.3 Å². The van der Waals surface area contributed by atoms with E-state index < -0.39 is 29.6 Å². The molecule has 0 saturated heterocycles. The van der Waals surface area contributed by atoms with Gasteiger partial charge in [0.25, 0.3) is 5.91 Å². The van der Waals surface area contributed by atoms with Gasteiger partial charge in [0.2, 0.25) is 0 Å². The molecule has 2 aromatic carbocycles. The number of nitrogens with one attached hydrogen (secondary N) is 3. The lowest BCUT2D eigenvalue weighted by Crippen LogP contribution is -2.39. The number of hydrogen-bond donors (Lipinski definition) is 3. The smallest absolute Gasteiger partial charge is 0.338 e. The van der Waals surface area contributed by atoms with Gasteiger partial charge in [-0.1, -0.05) is 12.1 Å². The van der Waals surface area contributed by atoms with Gasteiger partial charge in [-0.15, -0.1) is 0 Å². The fourth-order valence-electron chi connectivity index (χ4n) is 2.35. The van der Waals surface area contributed by atoms with E-state index in [1.165, 1.54) is 25.1 Å². The molecule has 9 heteroatoms. The average Bonchev–Trinajstić information content (AvgIpc) is 2.69. The van der Waals surface area contributed by atoms with Gasteiger partial charge < -0.3 is 20.7 Å². The molecule has 3 N–H and O–H groups in total. The number of halogens is 2. The summed E-state index contributed by atoms with van der Waals surface area (Å²) in [7, 11) is 0. The van der Waals surface area contributed by atoms with Crippen LogP contribution in [0.2, 0.25) is 0 Å². The average molecular weight is 419 g/mol. The maximum absolute atomic E-state index is 13.2. The number of amides is 3. The molecule has 2 rings (SSSR count). The summed E-state index contributed by atoms with van der Waals surface area (Å²) in [6.45, 7) is 5.33. The molecule has 0 fully saturated rings. The molecule has 0 aliphatic heterocycles. The van der Waals surface area contributed by atoms with Gasteiger partial charge in [-0.3, -0.25) is 4.79 Å². The van der Waals surface area contributed by atoms with Gasteiger partial charge in [0.05, 0.1) is 5.56 Å². The Balaban J connectivity index is 1.87. The van der Waals surface area contributed by atoms with Crippen molar-refractivity contribution in [1.29, 1.82) is 0 Å². The SMILES string of the molecule is CC(C)NC(=O)NCc1ccc(C(=O)O[C@@H](C)C(=O)Nc2ccc(F)c(F)c2)cc1. The van der Waals surface area contributed by atoms with Crippen molar-refractivity contribution in [2.75, 3.05) is 5.32 Å². The van der Waals surface area contributed by atoms with E-state index in [9.17, 15) is 23.2 Å². The Morgan fingerprint density at radius 3 is 2.23 bits per heavy atom. The van der Waals surface area contributed by atoms with Crippen LogP contribution in [-0.2, 0) is 16.1 Å². The Labute approximate surface area is 172 Å². The summed E-state index contributed by atoms with van der Waals surface area (Å²) >= 11 is 0. The third-order valence-corrected chi connectivity index (χ3v) is 3.90. The molecule has 0 spiro atoms. The molecule has 7 nitrogen and oxygen atoms in total. The summed E-state index contributed by atoms with van der Waals surface area (Å²) < 4.78 is 31.3. The molecule has 1 atom stereocenters. The van der Waals surface area contributed by atoms with E-state index in [1.807, 2.05) is 13.8 Å². The van der Waals surface area contributed by atoms with E-state index in [-0.39, 0.29) is 29.9 Å². The molecular formula is C21H23F2N3O4. The molecule has 160 valence electrons. The molecule has 0 heterocycles. The first-order chi connectivity index (χ1) is 14.2. The Kier molecular flexibility index (Phi) is 7.85. The second-order valence-corrected chi connectivity index (χ2v) is 6.84. The van der Waals surface area contributed by atoms with Crippen LogP contribution in [0.25, 0.3) is 0 Å². The highest BCUT2D eigenvalue weighted by molar-refractivity contribution is 5.97. The Hall–Kier alpha value is -3.49. The normalized spacial score (nSPS) is 11.5. The summed E-state index contributed by atoms with van der Waals surface area (Å²) in [5.41, 5.74) is 1.03. The van der Waals surface area contributed by atoms with Gasteiger partial charge in [0, 0.05) is 24.3 Å². The molecular weight excluding hydrogens is 396 g/mol. The van der Waals surface area contributed by atoms with E-state index >= 15 is 0 Å². The van der Waals surface area contributed by atoms with E-state index in [0.717, 1.165) is 17.7 Å². The quantitative estimate of drug-likeness (QED) is 0.600. The van der Waals surface area contributed by atoms with Crippen molar-refractivity contribution in [2.24, 2.45) is 0 Å². The number of carbonyl (C=O) groups excluding carboxylic acids is 3. The van der Waals surface area contributed by atoms with Crippen LogP contribution in [0.15, 0.2) is 42.5 Å². The molecule has 0 aliphatic carbocycles. The summed E-state index contributed by atoms with van der Waals surface area (Å²) in [4.78, 5) is 35.9. The largest absolute Gasteiger partial charge is 0.449 e. The summed E-state index contributed by atoms with van der Waals surface area (Å²) in [5.74, 6) is -3.55. The van der Waals surface area contributed by atoms with Crippen LogP contribution in [0.1, 0.15) is 36.7 Å². The number of hydrogen-bond acceptors (Lipinski definition) is 4. The van der Waals surface area contributed by atoms with Gasteiger partial charge >= 0.3 is 12.0 Å². The van der Waals surface area contributed by atoms with E-state index in [2.05, 4.69) is 16.0 Å². The lowest BCUT2D eigenvalue weighted by atomic mass is 10.1. The van der Waals surface area contributed by atoms with Gasteiger partial charge in [-0.05, 0) is 50.6 Å². The molecule has 0 aliphatic rings. The van der Waals surface area contributed by atoms with Crippen molar-refractivity contribution >= 4 is 23.6 Å². The van der Waals surface area contributed by atoms with Crippen LogP contribution in [0.5, 0.6) is 0 Å². The Morgan fingerprint density at radius 2 is 1.63 bits per heavy atom. The molecule has 0 unspecified atom stereocenters. The highest BCUT2D eigenvalue weighted by Crippen LogP contribution is 2.14. The first-order valence-corrected chi connectivity index (χ1v) is 9.26. The standard InChI is InChI=1S/C21H23F2N3O4/c1-12(2)25-21(29)24-11-14-4-6-15(7-5-14)20(28)30-13(3)19(27)26-16-8-9-17(22)18(23)10-16/h4-10,12-13H,11H2,1-3H3,(H,26,27)(H2,24,25,29)/t13-/m0/s1. The third kappa shape index (κ3) is 6.84. The summed E-state index contributed by atoms with van der Waals surface area (Å²) in [6.07, 6.45) is -1.16. The predicted molar refractivity (Wildman–Crippen MR) is 107 cm³/mol. The second-order valence-electron chi connectivity index (χ2n) is 6.84. The van der Waals surface area contributed by atoms with Crippen LogP contribution in [0, 0.1) is 11.6 Å². The molecule has 0 aromatic heterocycles. The summed E-state index contributed by atoms with van der Waals surface area (Å²) in [6, 6.07) is 8.95. The summed E-state index contributed by atoms with van der Waals surface area (Å²) in [5, 5.41) is 7.73. The highest BCUT2D eigenvalue weighted by atomic mass is 19.2. The van der Waals surface area contributed by atoms with Crippen LogP contribution < -0.4 is 16.0 Å².